The normalized spacial score (nSPS) is 20.4. The molecule has 0 aliphatic heterocycles. The van der Waals surface area contributed by atoms with Crippen molar-refractivity contribution in [2.24, 2.45) is 17.6 Å². The maximum absolute atomic E-state index is 12.5. The standard InChI is InChI=1S/C19H26N4O2.ClH/c1-3-13-7-9-14(10-8-13)17-22-19(25-23-17)12(2)21-18(24)16-6-4-5-15(16)11-20;/h7-10,12,15-16H,3-6,11,20H2,1-2H3,(H,21,24);1H/t12?,15-,16-;/m1./s1. The number of hydrogen-bond acceptors (Lipinski definition) is 5. The topological polar surface area (TPSA) is 94.0 Å². The van der Waals surface area contributed by atoms with Crippen LogP contribution in [0.5, 0.6) is 0 Å². The monoisotopic (exact) mass is 378 g/mol. The van der Waals surface area contributed by atoms with Crippen LogP contribution in [0.2, 0.25) is 0 Å². The highest BCUT2D eigenvalue weighted by molar-refractivity contribution is 5.85. The Kier molecular flexibility index (Phi) is 7.17. The summed E-state index contributed by atoms with van der Waals surface area (Å²) in [6.45, 7) is 4.54. The fourth-order valence-corrected chi connectivity index (χ4v) is 3.46. The molecule has 1 aliphatic carbocycles. The van der Waals surface area contributed by atoms with Crippen molar-refractivity contribution in [1.29, 1.82) is 0 Å². The first-order chi connectivity index (χ1) is 12.1. The van der Waals surface area contributed by atoms with Crippen LogP contribution in [0.3, 0.4) is 0 Å². The lowest BCUT2D eigenvalue weighted by Gasteiger charge is -2.19. The van der Waals surface area contributed by atoms with E-state index >= 15 is 0 Å². The molecular formula is C19H27ClN4O2. The molecule has 3 rings (SSSR count). The van der Waals surface area contributed by atoms with Crippen molar-refractivity contribution in [2.45, 2.75) is 45.6 Å². The molecule has 2 aromatic rings. The van der Waals surface area contributed by atoms with Crippen molar-refractivity contribution in [3.63, 3.8) is 0 Å². The summed E-state index contributed by atoms with van der Waals surface area (Å²) in [5.74, 6) is 1.27. The quantitative estimate of drug-likeness (QED) is 0.804. The molecule has 7 heteroatoms. The van der Waals surface area contributed by atoms with Gasteiger partial charge in [0.2, 0.25) is 17.6 Å². The number of aryl methyl sites for hydroxylation is 1. The molecule has 26 heavy (non-hydrogen) atoms. The number of halogens is 1. The summed E-state index contributed by atoms with van der Waals surface area (Å²) in [7, 11) is 0. The molecule has 1 aliphatic rings. The summed E-state index contributed by atoms with van der Waals surface area (Å²) < 4.78 is 5.35. The fourth-order valence-electron chi connectivity index (χ4n) is 3.46. The third-order valence-corrected chi connectivity index (χ3v) is 5.09. The smallest absolute Gasteiger partial charge is 0.249 e. The molecule has 0 bridgehead atoms. The van der Waals surface area contributed by atoms with Gasteiger partial charge in [-0.05, 0) is 44.2 Å². The Balaban J connectivity index is 0.00000243. The van der Waals surface area contributed by atoms with E-state index in [1.54, 1.807) is 0 Å². The molecule has 1 heterocycles. The van der Waals surface area contributed by atoms with Crippen LogP contribution in [0.1, 0.15) is 50.6 Å². The van der Waals surface area contributed by atoms with Crippen molar-refractivity contribution in [1.82, 2.24) is 15.5 Å². The van der Waals surface area contributed by atoms with Gasteiger partial charge in [0.15, 0.2) is 0 Å². The molecule has 6 nitrogen and oxygen atoms in total. The third-order valence-electron chi connectivity index (χ3n) is 5.09. The van der Waals surface area contributed by atoms with Gasteiger partial charge in [0, 0.05) is 11.5 Å². The third kappa shape index (κ3) is 4.43. The SMILES string of the molecule is CCc1ccc(-c2noc(C(C)NC(=O)[C@@H]3CCC[C@@H]3CN)n2)cc1.Cl. The molecule has 1 aromatic carbocycles. The molecule has 0 radical (unpaired) electrons. The minimum Gasteiger partial charge on any atom is -0.344 e. The van der Waals surface area contributed by atoms with Gasteiger partial charge in [0.1, 0.15) is 6.04 Å². The highest BCUT2D eigenvalue weighted by Crippen LogP contribution is 2.31. The first-order valence-corrected chi connectivity index (χ1v) is 9.05. The van der Waals surface area contributed by atoms with Crippen LogP contribution in [0.25, 0.3) is 11.4 Å². The first-order valence-electron chi connectivity index (χ1n) is 9.05. The van der Waals surface area contributed by atoms with Gasteiger partial charge in [0.05, 0.1) is 0 Å². The van der Waals surface area contributed by atoms with E-state index in [-0.39, 0.29) is 36.2 Å². The zero-order valence-corrected chi connectivity index (χ0v) is 16.1. The first kappa shape index (κ1) is 20.4. The van der Waals surface area contributed by atoms with Crippen LogP contribution in [-0.2, 0) is 11.2 Å². The number of hydrogen-bond donors (Lipinski definition) is 2. The average Bonchev–Trinajstić information content (AvgIpc) is 3.31. The van der Waals surface area contributed by atoms with Gasteiger partial charge in [-0.1, -0.05) is 42.8 Å². The number of amides is 1. The van der Waals surface area contributed by atoms with Crippen LogP contribution in [0.4, 0.5) is 0 Å². The predicted molar refractivity (Wildman–Crippen MR) is 103 cm³/mol. The van der Waals surface area contributed by atoms with Crippen molar-refractivity contribution in [3.05, 3.63) is 35.7 Å². The number of aromatic nitrogens is 2. The lowest BCUT2D eigenvalue weighted by Crippen LogP contribution is -2.36. The lowest BCUT2D eigenvalue weighted by molar-refractivity contribution is -0.126. The summed E-state index contributed by atoms with van der Waals surface area (Å²) in [5, 5.41) is 7.04. The second-order valence-corrected chi connectivity index (χ2v) is 6.77. The minimum absolute atomic E-state index is 0. The molecule has 1 aromatic heterocycles. The maximum Gasteiger partial charge on any atom is 0.249 e. The molecule has 3 atom stereocenters. The van der Waals surface area contributed by atoms with Crippen molar-refractivity contribution in [2.75, 3.05) is 6.54 Å². The summed E-state index contributed by atoms with van der Waals surface area (Å²) in [5.41, 5.74) is 7.94. The summed E-state index contributed by atoms with van der Waals surface area (Å²) in [6, 6.07) is 7.78. The number of carbonyl (C=O) groups excluding carboxylic acids is 1. The van der Waals surface area contributed by atoms with Crippen LogP contribution in [0.15, 0.2) is 28.8 Å². The van der Waals surface area contributed by atoms with Crippen molar-refractivity contribution in [3.8, 4) is 11.4 Å². The highest BCUT2D eigenvalue weighted by Gasteiger charge is 2.33. The van der Waals surface area contributed by atoms with E-state index < -0.39 is 0 Å². The van der Waals surface area contributed by atoms with Crippen LogP contribution in [-0.4, -0.2) is 22.6 Å². The lowest BCUT2D eigenvalue weighted by atomic mass is 9.95. The average molecular weight is 379 g/mol. The van der Waals surface area contributed by atoms with E-state index in [0.717, 1.165) is 31.2 Å². The maximum atomic E-state index is 12.5. The van der Waals surface area contributed by atoms with Gasteiger partial charge in [-0.15, -0.1) is 12.4 Å². The van der Waals surface area contributed by atoms with E-state index in [4.69, 9.17) is 10.3 Å². The molecular weight excluding hydrogens is 352 g/mol. The Hall–Kier alpha value is -1.92. The highest BCUT2D eigenvalue weighted by atomic mass is 35.5. The zero-order valence-electron chi connectivity index (χ0n) is 15.3. The number of carbonyl (C=O) groups is 1. The van der Waals surface area contributed by atoms with Gasteiger partial charge in [-0.3, -0.25) is 4.79 Å². The molecule has 1 amide bonds. The largest absolute Gasteiger partial charge is 0.344 e. The van der Waals surface area contributed by atoms with Gasteiger partial charge in [-0.2, -0.15) is 4.98 Å². The predicted octanol–water partition coefficient (Wildman–Crippen LogP) is 3.27. The minimum atomic E-state index is -0.317. The Morgan fingerprint density at radius 2 is 2.08 bits per heavy atom. The van der Waals surface area contributed by atoms with Crippen LogP contribution >= 0.6 is 12.4 Å². The van der Waals surface area contributed by atoms with E-state index in [1.807, 2.05) is 19.1 Å². The molecule has 3 N–H and O–H groups in total. The summed E-state index contributed by atoms with van der Waals surface area (Å²) >= 11 is 0. The number of nitrogens with two attached hydrogens (primary N) is 1. The molecule has 0 spiro atoms. The Morgan fingerprint density at radius 1 is 1.35 bits per heavy atom. The number of nitrogens with one attached hydrogen (secondary N) is 1. The van der Waals surface area contributed by atoms with Gasteiger partial charge >= 0.3 is 0 Å². The molecule has 1 fully saturated rings. The van der Waals surface area contributed by atoms with Crippen LogP contribution < -0.4 is 11.1 Å². The number of nitrogens with zero attached hydrogens (tertiary/aromatic N) is 2. The van der Waals surface area contributed by atoms with E-state index in [9.17, 15) is 4.79 Å². The van der Waals surface area contributed by atoms with Gasteiger partial charge in [0.25, 0.3) is 0 Å². The van der Waals surface area contributed by atoms with Crippen molar-refractivity contribution >= 4 is 18.3 Å². The second kappa shape index (κ2) is 9.14. The zero-order chi connectivity index (χ0) is 17.8. The van der Waals surface area contributed by atoms with E-state index in [2.05, 4.69) is 34.5 Å². The van der Waals surface area contributed by atoms with Crippen molar-refractivity contribution < 1.29 is 9.32 Å². The second-order valence-electron chi connectivity index (χ2n) is 6.77. The molecule has 1 unspecified atom stereocenters. The number of rotatable bonds is 6. The molecule has 1 saturated carbocycles. The Labute approximate surface area is 160 Å². The summed E-state index contributed by atoms with van der Waals surface area (Å²) in [6.07, 6.45) is 3.99. The molecule has 0 saturated heterocycles. The van der Waals surface area contributed by atoms with E-state index in [1.165, 1.54) is 5.56 Å². The molecule has 142 valence electrons. The van der Waals surface area contributed by atoms with Gasteiger partial charge in [-0.25, -0.2) is 0 Å². The van der Waals surface area contributed by atoms with Crippen LogP contribution in [0, 0.1) is 11.8 Å². The fraction of sp³-hybridized carbons (Fsp3) is 0.526. The Bertz CT molecular complexity index is 717. The number of benzene rings is 1. The Morgan fingerprint density at radius 3 is 2.73 bits per heavy atom. The summed E-state index contributed by atoms with van der Waals surface area (Å²) in [4.78, 5) is 16.9. The van der Waals surface area contributed by atoms with Gasteiger partial charge < -0.3 is 15.6 Å². The van der Waals surface area contributed by atoms with E-state index in [0.29, 0.717) is 18.3 Å².